The molecule has 3 aliphatic heterocycles. The minimum atomic E-state index is -0.312. The largest absolute Gasteiger partial charge is 0.338 e. The molecule has 0 aromatic heterocycles. The molecule has 0 bridgehead atoms. The Hall–Kier alpha value is -1.20. The smallest absolute Gasteiger partial charge is 0.167 e. The van der Waals surface area contributed by atoms with Gasteiger partial charge in [0.25, 0.3) is 0 Å². The molecule has 0 saturated carbocycles. The number of nitrogens with one attached hydrogen (secondary N) is 2. The highest BCUT2D eigenvalue weighted by atomic mass is 35.5. The van der Waals surface area contributed by atoms with E-state index in [1.165, 1.54) is 19.0 Å². The van der Waals surface area contributed by atoms with E-state index in [1.807, 2.05) is 0 Å². The Balaban J connectivity index is 0.00000120. The molecule has 3 heterocycles. The van der Waals surface area contributed by atoms with Gasteiger partial charge in [0.15, 0.2) is 5.82 Å². The maximum atomic E-state index is 13.4. The van der Waals surface area contributed by atoms with Crippen LogP contribution in [-0.4, -0.2) is 21.0 Å². The monoisotopic (exact) mass is 270 g/mol. The number of aromatic amines is 1. The van der Waals surface area contributed by atoms with Gasteiger partial charge in [0, 0.05) is 6.04 Å². The molecule has 3 rings (SSSR count). The summed E-state index contributed by atoms with van der Waals surface area (Å²) in [4.78, 5) is 11.3. The number of aromatic nitrogens is 3. The molecule has 0 aromatic rings. The van der Waals surface area contributed by atoms with Crippen LogP contribution >= 0.6 is 12.4 Å². The maximum Gasteiger partial charge on any atom is 0.167 e. The predicted octanol–water partition coefficient (Wildman–Crippen LogP) is 2.67. The van der Waals surface area contributed by atoms with Gasteiger partial charge in [-0.3, -0.25) is 0 Å². The summed E-state index contributed by atoms with van der Waals surface area (Å²) >= 11 is 0. The van der Waals surface area contributed by atoms with Crippen molar-refractivity contribution in [2.45, 2.75) is 38.3 Å². The quantitative estimate of drug-likeness (QED) is 0.838. The van der Waals surface area contributed by atoms with E-state index in [4.69, 9.17) is 0 Å². The first-order valence-electron chi connectivity index (χ1n) is 5.99. The van der Waals surface area contributed by atoms with Gasteiger partial charge in [-0.05, 0) is 26.2 Å². The van der Waals surface area contributed by atoms with Crippen molar-refractivity contribution in [3.05, 3.63) is 24.0 Å². The molecule has 2 atom stereocenters. The molecule has 4 nitrogen and oxygen atoms in total. The standard InChI is InChI=1S/C12H15FN4.ClH/c1-7-3-2-4-9(16-7)12-15-6-10-11(17-12)8(13)5-14-10;/h5-7,9,16H,2-4H2,1H3,(H,15,17);1H. The van der Waals surface area contributed by atoms with Crippen molar-refractivity contribution in [1.29, 1.82) is 0 Å². The highest BCUT2D eigenvalue weighted by Crippen LogP contribution is 2.26. The third-order valence-electron chi connectivity index (χ3n) is 3.34. The van der Waals surface area contributed by atoms with E-state index in [-0.39, 0.29) is 24.3 Å². The Morgan fingerprint density at radius 2 is 2.11 bits per heavy atom. The van der Waals surface area contributed by atoms with Gasteiger partial charge < -0.3 is 10.3 Å². The van der Waals surface area contributed by atoms with Crippen LogP contribution in [0, 0.1) is 5.82 Å². The molecule has 2 N–H and O–H groups in total. The summed E-state index contributed by atoms with van der Waals surface area (Å²) in [7, 11) is 0. The van der Waals surface area contributed by atoms with E-state index in [0.717, 1.165) is 12.2 Å². The molecule has 18 heavy (non-hydrogen) atoms. The Morgan fingerprint density at radius 1 is 1.28 bits per heavy atom. The number of hydrogen-bond donors (Lipinski definition) is 2. The summed E-state index contributed by atoms with van der Waals surface area (Å²) in [6.45, 7) is 2.16. The first kappa shape index (κ1) is 13.2. The molecule has 6 heteroatoms. The lowest BCUT2D eigenvalue weighted by molar-refractivity contribution is 0.331. The fourth-order valence-electron chi connectivity index (χ4n) is 2.42. The molecule has 3 aliphatic rings. The molecule has 1 saturated heterocycles. The van der Waals surface area contributed by atoms with E-state index < -0.39 is 0 Å². The summed E-state index contributed by atoms with van der Waals surface area (Å²) in [6.07, 6.45) is 6.25. The Morgan fingerprint density at radius 3 is 2.89 bits per heavy atom. The van der Waals surface area contributed by atoms with Crippen molar-refractivity contribution in [3.8, 4) is 11.4 Å². The molecule has 0 aromatic carbocycles. The highest BCUT2D eigenvalue weighted by molar-refractivity contribution is 5.85. The number of rotatable bonds is 1. The lowest BCUT2D eigenvalue weighted by atomic mass is 9.99. The van der Waals surface area contributed by atoms with Crippen LogP contribution < -0.4 is 5.32 Å². The van der Waals surface area contributed by atoms with E-state index in [2.05, 4.69) is 27.2 Å². The lowest BCUT2D eigenvalue weighted by Crippen LogP contribution is -2.35. The summed E-state index contributed by atoms with van der Waals surface area (Å²) < 4.78 is 13.4. The normalized spacial score (nSPS) is 23.9. The number of fused-ring (bicyclic) bond motifs is 1. The van der Waals surface area contributed by atoms with Crippen molar-refractivity contribution in [2.75, 3.05) is 0 Å². The van der Waals surface area contributed by atoms with Gasteiger partial charge in [0.05, 0.1) is 18.4 Å². The van der Waals surface area contributed by atoms with Crippen molar-refractivity contribution < 1.29 is 4.39 Å². The Kier molecular flexibility index (Phi) is 3.82. The van der Waals surface area contributed by atoms with Gasteiger partial charge >= 0.3 is 0 Å². The molecular weight excluding hydrogens is 255 g/mol. The van der Waals surface area contributed by atoms with Crippen LogP contribution in [0.5, 0.6) is 0 Å². The van der Waals surface area contributed by atoms with Gasteiger partial charge in [0.1, 0.15) is 17.2 Å². The second-order valence-corrected chi connectivity index (χ2v) is 4.69. The first-order chi connectivity index (χ1) is 8.24. The summed E-state index contributed by atoms with van der Waals surface area (Å²) in [6, 6.07) is 0.680. The minimum absolute atomic E-state index is 0. The molecule has 0 amide bonds. The van der Waals surface area contributed by atoms with Crippen molar-refractivity contribution in [2.24, 2.45) is 0 Å². The van der Waals surface area contributed by atoms with Crippen molar-refractivity contribution in [3.63, 3.8) is 0 Å². The van der Waals surface area contributed by atoms with Crippen LogP contribution in [0.15, 0.2) is 12.4 Å². The average molecular weight is 271 g/mol. The topological polar surface area (TPSA) is 53.6 Å². The number of H-pyrrole nitrogens is 1. The van der Waals surface area contributed by atoms with E-state index >= 15 is 0 Å². The maximum absolute atomic E-state index is 13.4. The molecule has 1 fully saturated rings. The van der Waals surface area contributed by atoms with Crippen LogP contribution in [-0.2, 0) is 0 Å². The average Bonchev–Trinajstić information content (AvgIpc) is 2.71. The van der Waals surface area contributed by atoms with Crippen molar-refractivity contribution in [1.82, 2.24) is 20.3 Å². The second-order valence-electron chi connectivity index (χ2n) is 4.69. The zero-order valence-corrected chi connectivity index (χ0v) is 10.9. The van der Waals surface area contributed by atoms with Crippen LogP contribution in [0.25, 0.3) is 11.4 Å². The van der Waals surface area contributed by atoms with Crippen LogP contribution in [0.4, 0.5) is 4.39 Å². The molecule has 0 radical (unpaired) electrons. The number of nitrogens with zero attached hydrogens (tertiary/aromatic N) is 2. The number of piperidine rings is 1. The summed E-state index contributed by atoms with van der Waals surface area (Å²) in [5.41, 5.74) is 1.03. The minimum Gasteiger partial charge on any atom is -0.338 e. The molecule has 98 valence electrons. The third-order valence-corrected chi connectivity index (χ3v) is 3.34. The number of hydrogen-bond acceptors (Lipinski definition) is 3. The zero-order chi connectivity index (χ0) is 11.8. The van der Waals surface area contributed by atoms with Crippen LogP contribution in [0.1, 0.15) is 38.1 Å². The Bertz CT molecular complexity index is 501. The van der Waals surface area contributed by atoms with Crippen molar-refractivity contribution >= 4 is 12.4 Å². The zero-order valence-electron chi connectivity index (χ0n) is 10.1. The lowest BCUT2D eigenvalue weighted by Gasteiger charge is -2.28. The van der Waals surface area contributed by atoms with Gasteiger partial charge in [-0.25, -0.2) is 14.4 Å². The summed E-state index contributed by atoms with van der Waals surface area (Å²) in [5.74, 6) is 0.489. The van der Waals surface area contributed by atoms with Crippen LogP contribution in [0.3, 0.4) is 0 Å². The van der Waals surface area contributed by atoms with Gasteiger partial charge in [-0.1, -0.05) is 0 Å². The highest BCUT2D eigenvalue weighted by Gasteiger charge is 2.22. The van der Waals surface area contributed by atoms with Gasteiger partial charge in [-0.15, -0.1) is 12.4 Å². The van der Waals surface area contributed by atoms with E-state index in [1.54, 1.807) is 6.20 Å². The fraction of sp³-hybridized carbons (Fsp3) is 0.500. The molecule has 0 aliphatic carbocycles. The molecule has 2 unspecified atom stereocenters. The first-order valence-corrected chi connectivity index (χ1v) is 5.99. The fourth-order valence-corrected chi connectivity index (χ4v) is 2.42. The summed E-state index contributed by atoms with van der Waals surface area (Å²) in [5, 5.41) is 3.47. The molecule has 0 spiro atoms. The predicted molar refractivity (Wildman–Crippen MR) is 69.4 cm³/mol. The second kappa shape index (κ2) is 5.20. The Labute approximate surface area is 111 Å². The van der Waals surface area contributed by atoms with Gasteiger partial charge in [-0.2, -0.15) is 0 Å². The van der Waals surface area contributed by atoms with E-state index in [9.17, 15) is 4.39 Å². The van der Waals surface area contributed by atoms with Gasteiger partial charge in [0.2, 0.25) is 0 Å². The SMILES string of the molecule is CC1CCCC(c2ncc3ncc(F)c-3[nH]2)N1.Cl. The molecular formula is C12H16ClFN4. The van der Waals surface area contributed by atoms with E-state index in [0.29, 0.717) is 17.4 Å². The van der Waals surface area contributed by atoms with Crippen LogP contribution in [0.2, 0.25) is 0 Å². The number of halogens is 2. The third kappa shape index (κ3) is 2.33.